The van der Waals surface area contributed by atoms with Crippen molar-refractivity contribution >= 4 is 23.0 Å². The van der Waals surface area contributed by atoms with Crippen LogP contribution in [0.5, 0.6) is 5.75 Å². The molecule has 9 nitrogen and oxygen atoms in total. The lowest BCUT2D eigenvalue weighted by Crippen LogP contribution is -2.37. The molecule has 1 fully saturated rings. The third-order valence-corrected chi connectivity index (χ3v) is 4.67. The van der Waals surface area contributed by atoms with Crippen molar-refractivity contribution in [1.82, 2.24) is 14.5 Å². The molecule has 1 aliphatic rings. The summed E-state index contributed by atoms with van der Waals surface area (Å²) in [5, 5.41) is 10.6. The zero-order valence-electron chi connectivity index (χ0n) is 15.1. The van der Waals surface area contributed by atoms with Crippen LogP contribution in [0.2, 0.25) is 0 Å². The molecule has 0 aliphatic heterocycles. The first-order chi connectivity index (χ1) is 14.2. The minimum atomic E-state index is -4.65. The maximum absolute atomic E-state index is 13.4. The molecule has 1 aliphatic carbocycles. The number of nitro benzene ring substituents is 1. The van der Waals surface area contributed by atoms with Crippen molar-refractivity contribution in [2.75, 3.05) is 0 Å². The molecule has 1 saturated carbocycles. The number of alkyl halides is 3. The van der Waals surface area contributed by atoms with Gasteiger partial charge in [0, 0.05) is 37.2 Å². The summed E-state index contributed by atoms with van der Waals surface area (Å²) in [5.74, 6) is -0.999. The molecule has 3 aromatic rings. The number of nitrogens with zero attached hydrogens (tertiary/aromatic N) is 4. The Balaban J connectivity index is 1.40. The summed E-state index contributed by atoms with van der Waals surface area (Å²) in [6, 6.07) is 7.27. The lowest BCUT2D eigenvalue weighted by Gasteiger charge is -2.36. The number of benzene rings is 1. The van der Waals surface area contributed by atoms with Crippen LogP contribution in [-0.2, 0) is 10.9 Å². The second-order valence-corrected chi connectivity index (χ2v) is 6.62. The first-order valence-corrected chi connectivity index (χ1v) is 8.75. The largest absolute Gasteiger partial charge is 0.514 e. The summed E-state index contributed by atoms with van der Waals surface area (Å²) in [4.78, 5) is 29.4. The average molecular weight is 422 g/mol. The van der Waals surface area contributed by atoms with Crippen LogP contribution in [0, 0.1) is 10.1 Å². The number of carbonyl (C=O) groups excluding carboxylic acids is 1. The van der Waals surface area contributed by atoms with Crippen molar-refractivity contribution in [3.8, 4) is 5.75 Å². The summed E-state index contributed by atoms with van der Waals surface area (Å²) in [7, 11) is 0. The molecule has 0 bridgehead atoms. The molecule has 0 radical (unpaired) electrons. The molecule has 2 aromatic heterocycles. The number of aromatic nitrogens is 3. The fourth-order valence-electron chi connectivity index (χ4n) is 3.24. The van der Waals surface area contributed by atoms with E-state index in [0.717, 1.165) is 4.57 Å². The lowest BCUT2D eigenvalue weighted by atomic mass is 9.88. The van der Waals surface area contributed by atoms with Crippen LogP contribution in [0.1, 0.15) is 24.7 Å². The van der Waals surface area contributed by atoms with Gasteiger partial charge in [0.25, 0.3) is 5.69 Å². The van der Waals surface area contributed by atoms with Crippen LogP contribution < -0.4 is 4.74 Å². The molecule has 0 N–H and O–H groups in total. The Morgan fingerprint density at radius 2 is 1.90 bits per heavy atom. The molecule has 12 heteroatoms. The van der Waals surface area contributed by atoms with Gasteiger partial charge in [-0.05, 0) is 24.3 Å². The Morgan fingerprint density at radius 3 is 2.53 bits per heavy atom. The first kappa shape index (κ1) is 19.6. The van der Waals surface area contributed by atoms with Gasteiger partial charge in [0.05, 0.1) is 10.4 Å². The molecular formula is C18H13F3N4O5. The molecule has 2 heterocycles. The van der Waals surface area contributed by atoms with Crippen molar-refractivity contribution < 1.29 is 32.4 Å². The van der Waals surface area contributed by atoms with Crippen LogP contribution in [0.3, 0.4) is 0 Å². The highest BCUT2D eigenvalue weighted by Gasteiger charge is 2.43. The fraction of sp³-hybridized carbons (Fsp3) is 0.278. The van der Waals surface area contributed by atoms with E-state index < -0.39 is 35.2 Å². The van der Waals surface area contributed by atoms with Crippen LogP contribution in [-0.4, -0.2) is 31.7 Å². The number of hydrogen-bond acceptors (Lipinski definition) is 7. The molecule has 0 unspecified atom stereocenters. The Kier molecular flexibility index (Phi) is 4.76. The van der Waals surface area contributed by atoms with Gasteiger partial charge in [0.15, 0.2) is 5.65 Å². The Hall–Kier alpha value is -3.70. The maximum atomic E-state index is 13.4. The number of carbonyl (C=O) groups is 1. The third kappa shape index (κ3) is 3.75. The van der Waals surface area contributed by atoms with Gasteiger partial charge >= 0.3 is 12.3 Å². The number of hydrogen-bond donors (Lipinski definition) is 0. The number of non-ortho nitro benzene ring substituents is 1. The van der Waals surface area contributed by atoms with Crippen LogP contribution in [0.4, 0.5) is 23.7 Å². The number of nitro groups is 1. The zero-order chi connectivity index (χ0) is 21.5. The standard InChI is InChI=1S/C18H13F3N4O5/c19-18(20,21)16-23-15-14(2-1-7-22-15)24(16)11-8-13(9-11)30-17(26)29-12-5-3-10(4-6-12)25(27)28/h1-7,11,13H,8-9H2. The zero-order valence-corrected chi connectivity index (χ0v) is 15.1. The van der Waals surface area contributed by atoms with Gasteiger partial charge in [0.1, 0.15) is 11.9 Å². The van der Waals surface area contributed by atoms with E-state index in [4.69, 9.17) is 9.47 Å². The third-order valence-electron chi connectivity index (χ3n) is 4.67. The highest BCUT2D eigenvalue weighted by atomic mass is 19.4. The minimum absolute atomic E-state index is 0.00762. The van der Waals surface area contributed by atoms with Crippen molar-refractivity contribution in [2.24, 2.45) is 0 Å². The molecule has 4 rings (SSSR count). The molecule has 30 heavy (non-hydrogen) atoms. The maximum Gasteiger partial charge on any atom is 0.514 e. The predicted octanol–water partition coefficient (Wildman–Crippen LogP) is 4.28. The number of pyridine rings is 1. The van der Waals surface area contributed by atoms with Gasteiger partial charge in [0.2, 0.25) is 5.82 Å². The topological polar surface area (TPSA) is 109 Å². The van der Waals surface area contributed by atoms with E-state index in [0.29, 0.717) is 0 Å². The lowest BCUT2D eigenvalue weighted by molar-refractivity contribution is -0.384. The number of rotatable bonds is 4. The second kappa shape index (κ2) is 7.28. The molecule has 0 saturated heterocycles. The normalized spacial score (nSPS) is 18.6. The molecule has 156 valence electrons. The Labute approximate surface area is 166 Å². The molecular weight excluding hydrogens is 409 g/mol. The van der Waals surface area contributed by atoms with Crippen molar-refractivity contribution in [3.63, 3.8) is 0 Å². The first-order valence-electron chi connectivity index (χ1n) is 8.75. The van der Waals surface area contributed by atoms with Gasteiger partial charge < -0.3 is 14.0 Å². The van der Waals surface area contributed by atoms with E-state index in [2.05, 4.69) is 9.97 Å². The second-order valence-electron chi connectivity index (χ2n) is 6.62. The Morgan fingerprint density at radius 1 is 1.20 bits per heavy atom. The van der Waals surface area contributed by atoms with Crippen LogP contribution in [0.25, 0.3) is 11.2 Å². The summed E-state index contributed by atoms with van der Waals surface area (Å²) in [5.41, 5.74) is 0.0774. The highest BCUT2D eigenvalue weighted by Crippen LogP contribution is 2.41. The van der Waals surface area contributed by atoms with E-state index in [1.807, 2.05) is 0 Å². The summed E-state index contributed by atoms with van der Waals surface area (Å²) in [6.45, 7) is 0. The molecule has 0 spiro atoms. The van der Waals surface area contributed by atoms with Gasteiger partial charge in [-0.2, -0.15) is 13.2 Å². The van der Waals surface area contributed by atoms with Gasteiger partial charge in [-0.1, -0.05) is 0 Å². The van der Waals surface area contributed by atoms with E-state index in [-0.39, 0.29) is 35.4 Å². The number of fused-ring (bicyclic) bond motifs is 1. The molecule has 0 amide bonds. The molecule has 0 atom stereocenters. The fourth-order valence-corrected chi connectivity index (χ4v) is 3.24. The number of imidazole rings is 1. The predicted molar refractivity (Wildman–Crippen MR) is 94.8 cm³/mol. The van der Waals surface area contributed by atoms with Gasteiger partial charge in [-0.15, -0.1) is 0 Å². The average Bonchev–Trinajstić information content (AvgIpc) is 3.04. The summed E-state index contributed by atoms with van der Waals surface area (Å²) in [6.07, 6.45) is -4.66. The number of ether oxygens (including phenoxy) is 2. The van der Waals surface area contributed by atoms with E-state index in [1.165, 1.54) is 42.6 Å². The van der Waals surface area contributed by atoms with E-state index in [9.17, 15) is 28.1 Å². The van der Waals surface area contributed by atoms with Crippen molar-refractivity contribution in [3.05, 3.63) is 58.5 Å². The smallest absolute Gasteiger partial charge is 0.431 e. The van der Waals surface area contributed by atoms with Gasteiger partial charge in [-0.25, -0.2) is 14.8 Å². The van der Waals surface area contributed by atoms with E-state index in [1.54, 1.807) is 0 Å². The van der Waals surface area contributed by atoms with E-state index >= 15 is 0 Å². The highest BCUT2D eigenvalue weighted by molar-refractivity contribution is 5.72. The monoisotopic (exact) mass is 422 g/mol. The summed E-state index contributed by atoms with van der Waals surface area (Å²) < 4.78 is 51.2. The van der Waals surface area contributed by atoms with Crippen molar-refractivity contribution in [1.29, 1.82) is 0 Å². The van der Waals surface area contributed by atoms with Crippen LogP contribution in [0.15, 0.2) is 42.6 Å². The SMILES string of the molecule is O=C(Oc1ccc([N+](=O)[O-])cc1)OC1CC(n2c(C(F)(F)F)nc3ncccc32)C1. The quantitative estimate of drug-likeness (QED) is 0.267. The number of halogens is 3. The Bertz CT molecular complexity index is 1110. The van der Waals surface area contributed by atoms with Crippen molar-refractivity contribution in [2.45, 2.75) is 31.2 Å². The molecule has 1 aromatic carbocycles. The summed E-state index contributed by atoms with van der Waals surface area (Å²) >= 11 is 0. The van der Waals surface area contributed by atoms with Crippen LogP contribution >= 0.6 is 0 Å². The van der Waals surface area contributed by atoms with Gasteiger partial charge in [-0.3, -0.25) is 10.1 Å². The minimum Gasteiger partial charge on any atom is -0.431 e.